The first kappa shape index (κ1) is 19.2. The van der Waals surface area contributed by atoms with Crippen LogP contribution in [-0.4, -0.2) is 31.4 Å². The number of aromatic hydroxyl groups is 1. The fraction of sp³-hybridized carbons (Fsp3) is 0.600. The molecule has 0 aliphatic rings. The summed E-state index contributed by atoms with van der Waals surface area (Å²) in [6.07, 6.45) is -0.0459. The lowest BCUT2D eigenvalue weighted by atomic mass is 10.0. The molecule has 0 amide bonds. The molecule has 2 N–H and O–H groups in total. The zero-order chi connectivity index (χ0) is 14.5. The monoisotopic (exact) mass is 303 g/mol. The van der Waals surface area contributed by atoms with Crippen LogP contribution in [0.4, 0.5) is 0 Å². The lowest BCUT2D eigenvalue weighted by Crippen LogP contribution is -2.38. The Kier molecular flexibility index (Phi) is 8.13. The van der Waals surface area contributed by atoms with Crippen LogP contribution in [0, 0.1) is 0 Å². The van der Waals surface area contributed by atoms with E-state index in [4.69, 9.17) is 9.47 Å². The molecular weight excluding hydrogens is 278 g/mol. The molecule has 1 aromatic carbocycles. The molecule has 0 bridgehead atoms. The SMILES string of the molecule is COCc1cc(C(CNC(C)(C)C)OC)ccc1O.Cl. The van der Waals surface area contributed by atoms with Gasteiger partial charge in [0.15, 0.2) is 0 Å². The second kappa shape index (κ2) is 8.47. The van der Waals surface area contributed by atoms with Crippen molar-refractivity contribution >= 4 is 12.4 Å². The summed E-state index contributed by atoms with van der Waals surface area (Å²) in [6, 6.07) is 5.50. The highest BCUT2D eigenvalue weighted by Crippen LogP contribution is 2.24. The van der Waals surface area contributed by atoms with Gasteiger partial charge in [-0.2, -0.15) is 0 Å². The Bertz CT molecular complexity index is 405. The summed E-state index contributed by atoms with van der Waals surface area (Å²) in [5.74, 6) is 0.254. The van der Waals surface area contributed by atoms with E-state index in [0.717, 1.165) is 17.7 Å². The summed E-state index contributed by atoms with van der Waals surface area (Å²) in [6.45, 7) is 7.46. The zero-order valence-corrected chi connectivity index (χ0v) is 13.7. The third-order valence-electron chi connectivity index (χ3n) is 2.88. The molecule has 1 aromatic rings. The van der Waals surface area contributed by atoms with E-state index in [0.29, 0.717) is 6.61 Å². The van der Waals surface area contributed by atoms with Gasteiger partial charge < -0.3 is 19.9 Å². The number of rotatable bonds is 6. The van der Waals surface area contributed by atoms with E-state index in [1.54, 1.807) is 20.3 Å². The molecule has 0 saturated heterocycles. The van der Waals surface area contributed by atoms with Crippen LogP contribution in [0.25, 0.3) is 0 Å². The smallest absolute Gasteiger partial charge is 0.121 e. The maximum Gasteiger partial charge on any atom is 0.121 e. The average molecular weight is 304 g/mol. The quantitative estimate of drug-likeness (QED) is 0.848. The van der Waals surface area contributed by atoms with E-state index in [1.165, 1.54) is 0 Å². The van der Waals surface area contributed by atoms with Crippen LogP contribution >= 0.6 is 12.4 Å². The second-order valence-electron chi connectivity index (χ2n) is 5.68. The van der Waals surface area contributed by atoms with Gasteiger partial charge in [-0.15, -0.1) is 12.4 Å². The number of benzene rings is 1. The lowest BCUT2D eigenvalue weighted by Gasteiger charge is -2.25. The molecule has 5 heteroatoms. The van der Waals surface area contributed by atoms with Crippen molar-refractivity contribution in [3.8, 4) is 5.75 Å². The van der Waals surface area contributed by atoms with Gasteiger partial charge in [-0.3, -0.25) is 0 Å². The molecule has 1 atom stereocenters. The Labute approximate surface area is 127 Å². The Morgan fingerprint density at radius 3 is 2.40 bits per heavy atom. The number of nitrogens with one attached hydrogen (secondary N) is 1. The molecule has 0 aromatic heterocycles. The molecular formula is C15H26ClNO3. The van der Waals surface area contributed by atoms with Crippen LogP contribution in [0.15, 0.2) is 18.2 Å². The number of phenols is 1. The molecule has 0 heterocycles. The number of hydrogen-bond donors (Lipinski definition) is 2. The summed E-state index contributed by atoms with van der Waals surface area (Å²) in [4.78, 5) is 0. The minimum atomic E-state index is -0.0459. The van der Waals surface area contributed by atoms with Crippen LogP contribution in [-0.2, 0) is 16.1 Å². The van der Waals surface area contributed by atoms with Crippen molar-refractivity contribution in [3.63, 3.8) is 0 Å². The first-order valence-corrected chi connectivity index (χ1v) is 6.46. The molecule has 0 aliphatic heterocycles. The van der Waals surface area contributed by atoms with Crippen molar-refractivity contribution in [1.82, 2.24) is 5.32 Å². The van der Waals surface area contributed by atoms with Crippen LogP contribution in [0.1, 0.15) is 38.0 Å². The molecule has 0 spiro atoms. The number of phenolic OH excluding ortho intramolecular Hbond substituents is 1. The molecule has 1 rings (SSSR count). The largest absolute Gasteiger partial charge is 0.508 e. The van der Waals surface area contributed by atoms with Crippen LogP contribution in [0.5, 0.6) is 5.75 Å². The highest BCUT2D eigenvalue weighted by atomic mass is 35.5. The van der Waals surface area contributed by atoms with Gasteiger partial charge in [-0.25, -0.2) is 0 Å². The lowest BCUT2D eigenvalue weighted by molar-refractivity contribution is 0.0956. The highest BCUT2D eigenvalue weighted by Gasteiger charge is 2.16. The van der Waals surface area contributed by atoms with Gasteiger partial charge in [0.1, 0.15) is 5.75 Å². The van der Waals surface area contributed by atoms with Crippen LogP contribution < -0.4 is 5.32 Å². The number of methoxy groups -OCH3 is 2. The summed E-state index contributed by atoms with van der Waals surface area (Å²) < 4.78 is 10.6. The standard InChI is InChI=1S/C15H25NO3.ClH/c1-15(2,3)16-9-14(19-5)11-6-7-13(17)12(8-11)10-18-4;/h6-8,14,16-17H,9-10H2,1-5H3;1H. The van der Waals surface area contributed by atoms with Gasteiger partial charge in [0.05, 0.1) is 12.7 Å². The minimum Gasteiger partial charge on any atom is -0.508 e. The minimum absolute atomic E-state index is 0. The van der Waals surface area contributed by atoms with Gasteiger partial charge in [0, 0.05) is 31.9 Å². The normalized spacial score (nSPS) is 12.8. The molecule has 116 valence electrons. The Morgan fingerprint density at radius 2 is 1.90 bits per heavy atom. The molecule has 4 nitrogen and oxygen atoms in total. The zero-order valence-electron chi connectivity index (χ0n) is 12.9. The third kappa shape index (κ3) is 6.09. The number of hydrogen-bond acceptors (Lipinski definition) is 4. The molecule has 0 aliphatic carbocycles. The maximum absolute atomic E-state index is 9.74. The Hall–Kier alpha value is -0.810. The van der Waals surface area contributed by atoms with E-state index in [2.05, 4.69) is 26.1 Å². The molecule has 20 heavy (non-hydrogen) atoms. The van der Waals surface area contributed by atoms with Gasteiger partial charge in [-0.05, 0) is 38.5 Å². The highest BCUT2D eigenvalue weighted by molar-refractivity contribution is 5.85. The first-order chi connectivity index (χ1) is 8.87. The van der Waals surface area contributed by atoms with E-state index in [9.17, 15) is 5.11 Å². The predicted molar refractivity (Wildman–Crippen MR) is 83.6 cm³/mol. The second-order valence-corrected chi connectivity index (χ2v) is 5.68. The predicted octanol–water partition coefficient (Wildman–Crippen LogP) is 3.04. The number of halogens is 1. The fourth-order valence-corrected chi connectivity index (χ4v) is 1.81. The average Bonchev–Trinajstić information content (AvgIpc) is 2.32. The summed E-state index contributed by atoms with van der Waals surface area (Å²) in [5.41, 5.74) is 1.85. The first-order valence-electron chi connectivity index (χ1n) is 6.46. The van der Waals surface area contributed by atoms with Crippen molar-refractivity contribution in [2.45, 2.75) is 39.0 Å². The van der Waals surface area contributed by atoms with Gasteiger partial charge in [0.25, 0.3) is 0 Å². The number of ether oxygens (including phenoxy) is 2. The topological polar surface area (TPSA) is 50.7 Å². The van der Waals surface area contributed by atoms with Crippen molar-refractivity contribution in [3.05, 3.63) is 29.3 Å². The van der Waals surface area contributed by atoms with E-state index in [-0.39, 0.29) is 29.8 Å². The van der Waals surface area contributed by atoms with Gasteiger partial charge in [-0.1, -0.05) is 6.07 Å². The van der Waals surface area contributed by atoms with E-state index >= 15 is 0 Å². The van der Waals surface area contributed by atoms with Crippen LogP contribution in [0.3, 0.4) is 0 Å². The maximum atomic E-state index is 9.74. The molecule has 0 fully saturated rings. The van der Waals surface area contributed by atoms with Gasteiger partial charge in [0.2, 0.25) is 0 Å². The Morgan fingerprint density at radius 1 is 1.25 bits per heavy atom. The Balaban J connectivity index is 0.00000361. The summed E-state index contributed by atoms with van der Waals surface area (Å²) in [5, 5.41) is 13.2. The van der Waals surface area contributed by atoms with Crippen molar-refractivity contribution in [1.29, 1.82) is 0 Å². The van der Waals surface area contributed by atoms with Crippen molar-refractivity contribution in [2.75, 3.05) is 20.8 Å². The third-order valence-corrected chi connectivity index (χ3v) is 2.88. The summed E-state index contributed by atoms with van der Waals surface area (Å²) >= 11 is 0. The molecule has 0 radical (unpaired) electrons. The van der Waals surface area contributed by atoms with Crippen LogP contribution in [0.2, 0.25) is 0 Å². The van der Waals surface area contributed by atoms with Crippen molar-refractivity contribution < 1.29 is 14.6 Å². The van der Waals surface area contributed by atoms with E-state index in [1.807, 2.05) is 12.1 Å². The molecule has 0 saturated carbocycles. The fourth-order valence-electron chi connectivity index (χ4n) is 1.81. The van der Waals surface area contributed by atoms with E-state index < -0.39 is 0 Å². The van der Waals surface area contributed by atoms with Gasteiger partial charge >= 0.3 is 0 Å². The molecule has 1 unspecified atom stereocenters. The summed E-state index contributed by atoms with van der Waals surface area (Å²) in [7, 11) is 3.30. The van der Waals surface area contributed by atoms with Crippen molar-refractivity contribution in [2.24, 2.45) is 0 Å².